The molecule has 1 aliphatic rings. The summed E-state index contributed by atoms with van der Waals surface area (Å²) in [5, 5.41) is 3.42. The first-order valence-corrected chi connectivity index (χ1v) is 8.63. The predicted octanol–water partition coefficient (Wildman–Crippen LogP) is 3.47. The van der Waals surface area contributed by atoms with E-state index >= 15 is 0 Å². The second kappa shape index (κ2) is 5.89. The number of aromatic nitrogens is 3. The van der Waals surface area contributed by atoms with Gasteiger partial charge in [0.05, 0.1) is 0 Å². The molecule has 1 unspecified atom stereocenters. The van der Waals surface area contributed by atoms with E-state index in [4.69, 9.17) is 0 Å². The van der Waals surface area contributed by atoms with Gasteiger partial charge < -0.3 is 9.88 Å². The molecule has 1 atom stereocenters. The zero-order chi connectivity index (χ0) is 16.7. The average Bonchev–Trinajstić information content (AvgIpc) is 3.09. The quantitative estimate of drug-likeness (QED) is 0.786. The van der Waals surface area contributed by atoms with E-state index in [-0.39, 0.29) is 11.8 Å². The number of aromatic amines is 1. The van der Waals surface area contributed by atoms with Gasteiger partial charge in [-0.2, -0.15) is 0 Å². The van der Waals surface area contributed by atoms with Crippen LogP contribution in [0, 0.1) is 5.92 Å². The lowest BCUT2D eigenvalue weighted by molar-refractivity contribution is -0.135. The molecule has 3 aromatic rings. The van der Waals surface area contributed by atoms with Crippen molar-refractivity contribution in [1.82, 2.24) is 19.9 Å². The molecule has 1 N–H and O–H groups in total. The molecule has 4 rings (SSSR count). The summed E-state index contributed by atoms with van der Waals surface area (Å²) in [6.07, 6.45) is 9.79. The molecule has 0 saturated carbocycles. The maximum atomic E-state index is 12.4. The minimum atomic E-state index is 0.0509. The number of hydrogen-bond acceptors (Lipinski definition) is 3. The first kappa shape index (κ1) is 15.1. The third kappa shape index (κ3) is 2.44. The third-order valence-electron chi connectivity index (χ3n) is 5.00. The van der Waals surface area contributed by atoms with Crippen LogP contribution in [0.2, 0.25) is 0 Å². The number of hydrogen-bond donors (Lipinski definition) is 1. The van der Waals surface area contributed by atoms with Gasteiger partial charge in [0.2, 0.25) is 5.91 Å². The average molecular weight is 322 g/mol. The van der Waals surface area contributed by atoms with E-state index in [1.807, 2.05) is 43.5 Å². The Balaban J connectivity index is 1.78. The Morgan fingerprint density at radius 1 is 1.33 bits per heavy atom. The first-order valence-electron chi connectivity index (χ1n) is 8.63. The van der Waals surface area contributed by atoms with Gasteiger partial charge in [-0.15, -0.1) is 0 Å². The summed E-state index contributed by atoms with van der Waals surface area (Å²) in [5.41, 5.74) is 2.14. The number of nitrogens with one attached hydrogen (secondary N) is 1. The van der Waals surface area contributed by atoms with Crippen LogP contribution in [-0.2, 0) is 4.79 Å². The number of fused-ring (bicyclic) bond motifs is 3. The molecule has 1 saturated heterocycles. The van der Waals surface area contributed by atoms with Crippen molar-refractivity contribution in [2.75, 3.05) is 13.1 Å². The van der Waals surface area contributed by atoms with Gasteiger partial charge in [0.1, 0.15) is 5.65 Å². The second-order valence-corrected chi connectivity index (χ2v) is 6.97. The van der Waals surface area contributed by atoms with Crippen LogP contribution in [0.1, 0.15) is 38.2 Å². The number of H-pyrrole nitrogens is 1. The lowest BCUT2D eigenvalue weighted by Gasteiger charge is -2.34. The van der Waals surface area contributed by atoms with Crippen molar-refractivity contribution in [2.45, 2.75) is 32.6 Å². The number of carbonyl (C=O) groups is 1. The molecular formula is C19H22N4O. The van der Waals surface area contributed by atoms with Gasteiger partial charge in [0, 0.05) is 65.9 Å². The fourth-order valence-corrected chi connectivity index (χ4v) is 3.81. The minimum absolute atomic E-state index is 0.0509. The number of pyridine rings is 2. The highest BCUT2D eigenvalue weighted by molar-refractivity contribution is 6.06. The number of likely N-dealkylation sites (tertiary alicyclic amines) is 1. The van der Waals surface area contributed by atoms with E-state index in [0.717, 1.165) is 42.4 Å². The van der Waals surface area contributed by atoms with Crippen molar-refractivity contribution >= 4 is 27.7 Å². The summed E-state index contributed by atoms with van der Waals surface area (Å²) >= 11 is 0. The Labute approximate surface area is 141 Å². The van der Waals surface area contributed by atoms with Crippen LogP contribution in [0.5, 0.6) is 0 Å². The topological polar surface area (TPSA) is 61.9 Å². The normalized spacial score (nSPS) is 18.6. The zero-order valence-electron chi connectivity index (χ0n) is 14.1. The van der Waals surface area contributed by atoms with Crippen LogP contribution in [0.15, 0.2) is 30.9 Å². The van der Waals surface area contributed by atoms with Crippen LogP contribution in [0.3, 0.4) is 0 Å². The monoisotopic (exact) mass is 322 g/mol. The number of piperidine rings is 1. The Kier molecular flexibility index (Phi) is 3.71. The molecule has 24 heavy (non-hydrogen) atoms. The van der Waals surface area contributed by atoms with Crippen molar-refractivity contribution in [3.8, 4) is 0 Å². The number of nitrogens with zero attached hydrogens (tertiary/aromatic N) is 3. The van der Waals surface area contributed by atoms with Crippen molar-refractivity contribution < 1.29 is 4.79 Å². The van der Waals surface area contributed by atoms with Crippen LogP contribution in [0.4, 0.5) is 0 Å². The van der Waals surface area contributed by atoms with Crippen molar-refractivity contribution in [1.29, 1.82) is 0 Å². The van der Waals surface area contributed by atoms with E-state index in [9.17, 15) is 4.79 Å². The molecule has 4 heterocycles. The Hall–Kier alpha value is -2.43. The Morgan fingerprint density at radius 2 is 2.21 bits per heavy atom. The van der Waals surface area contributed by atoms with Gasteiger partial charge in [-0.3, -0.25) is 9.78 Å². The fraction of sp³-hybridized carbons (Fsp3) is 0.421. The molecule has 1 aliphatic heterocycles. The third-order valence-corrected chi connectivity index (χ3v) is 5.00. The van der Waals surface area contributed by atoms with Gasteiger partial charge in [-0.05, 0) is 24.5 Å². The van der Waals surface area contributed by atoms with Crippen molar-refractivity contribution in [3.05, 3.63) is 36.4 Å². The molecular weight excluding hydrogens is 300 g/mol. The molecule has 5 heteroatoms. The van der Waals surface area contributed by atoms with E-state index in [1.54, 1.807) is 0 Å². The summed E-state index contributed by atoms with van der Waals surface area (Å²) < 4.78 is 0. The van der Waals surface area contributed by atoms with Gasteiger partial charge in [0.25, 0.3) is 0 Å². The molecule has 1 fully saturated rings. The van der Waals surface area contributed by atoms with Gasteiger partial charge in [-0.25, -0.2) is 4.98 Å². The van der Waals surface area contributed by atoms with E-state index in [0.29, 0.717) is 5.92 Å². The maximum Gasteiger partial charge on any atom is 0.225 e. The molecule has 124 valence electrons. The highest BCUT2D eigenvalue weighted by atomic mass is 16.2. The van der Waals surface area contributed by atoms with Crippen LogP contribution in [-0.4, -0.2) is 38.8 Å². The van der Waals surface area contributed by atoms with Crippen LogP contribution in [0.25, 0.3) is 21.8 Å². The first-order chi connectivity index (χ1) is 11.6. The Morgan fingerprint density at radius 3 is 3.04 bits per heavy atom. The maximum absolute atomic E-state index is 12.4. The summed E-state index contributed by atoms with van der Waals surface area (Å²) in [5.74, 6) is 0.634. The largest absolute Gasteiger partial charge is 0.346 e. The van der Waals surface area contributed by atoms with Crippen molar-refractivity contribution in [3.63, 3.8) is 0 Å². The summed E-state index contributed by atoms with van der Waals surface area (Å²) in [4.78, 5) is 26.5. The van der Waals surface area contributed by atoms with Gasteiger partial charge in [-0.1, -0.05) is 13.8 Å². The highest BCUT2D eigenvalue weighted by Crippen LogP contribution is 2.34. The minimum Gasteiger partial charge on any atom is -0.346 e. The molecule has 0 bridgehead atoms. The molecule has 5 nitrogen and oxygen atoms in total. The molecule has 0 aromatic carbocycles. The molecule has 0 spiro atoms. The fourth-order valence-electron chi connectivity index (χ4n) is 3.81. The smallest absolute Gasteiger partial charge is 0.225 e. The van der Waals surface area contributed by atoms with Crippen molar-refractivity contribution in [2.24, 2.45) is 5.92 Å². The Bertz CT molecular complexity index is 899. The van der Waals surface area contributed by atoms with E-state index in [1.165, 1.54) is 10.9 Å². The summed E-state index contributed by atoms with van der Waals surface area (Å²) in [6.45, 7) is 5.60. The zero-order valence-corrected chi connectivity index (χ0v) is 14.1. The van der Waals surface area contributed by atoms with Gasteiger partial charge >= 0.3 is 0 Å². The standard InChI is InChI=1S/C19H22N4O/c1-12(2)19(24)23-7-3-4-13(11-23)16-10-20-8-14-9-22-18-15(17(14)16)5-6-21-18/h5-6,8-10,12-13H,3-4,7,11H2,1-2H3,(H,21,22). The number of amides is 1. The molecule has 3 aromatic heterocycles. The molecule has 1 amide bonds. The number of carbonyl (C=O) groups excluding carboxylic acids is 1. The second-order valence-electron chi connectivity index (χ2n) is 6.97. The van der Waals surface area contributed by atoms with Gasteiger partial charge in [0.15, 0.2) is 0 Å². The lowest BCUT2D eigenvalue weighted by Crippen LogP contribution is -2.41. The molecule has 0 aliphatic carbocycles. The number of rotatable bonds is 2. The van der Waals surface area contributed by atoms with Crippen LogP contribution < -0.4 is 0 Å². The van der Waals surface area contributed by atoms with Crippen LogP contribution >= 0.6 is 0 Å². The summed E-state index contributed by atoms with van der Waals surface area (Å²) in [7, 11) is 0. The highest BCUT2D eigenvalue weighted by Gasteiger charge is 2.27. The lowest BCUT2D eigenvalue weighted by atomic mass is 9.88. The van der Waals surface area contributed by atoms with E-state index in [2.05, 4.69) is 21.0 Å². The van der Waals surface area contributed by atoms with E-state index < -0.39 is 0 Å². The summed E-state index contributed by atoms with van der Waals surface area (Å²) in [6, 6.07) is 2.08. The molecule has 0 radical (unpaired) electrons. The predicted molar refractivity (Wildman–Crippen MR) is 94.8 cm³/mol. The SMILES string of the molecule is CC(C)C(=O)N1CCCC(c2cncc3cnc4[nH]ccc4c23)C1.